The number of nitro benzene ring substituents is 2. The smallest absolute Gasteiger partial charge is 0.328 e. The van der Waals surface area contributed by atoms with Crippen molar-refractivity contribution in [3.63, 3.8) is 0 Å². The van der Waals surface area contributed by atoms with E-state index in [4.69, 9.17) is 37.6 Å². The second-order valence-electron chi connectivity index (χ2n) is 5.45. The van der Waals surface area contributed by atoms with Gasteiger partial charge in [0, 0.05) is 12.3 Å². The van der Waals surface area contributed by atoms with Crippen molar-refractivity contribution in [1.29, 1.82) is 0 Å². The predicted octanol–water partition coefficient (Wildman–Crippen LogP) is 5.35. The van der Waals surface area contributed by atoms with Gasteiger partial charge in [-0.2, -0.15) is 26.3 Å². The van der Waals surface area contributed by atoms with E-state index in [0.717, 1.165) is 0 Å². The Bertz CT molecular complexity index is 1110. The number of aromatic nitrogens is 1. The molecule has 0 aliphatic carbocycles. The van der Waals surface area contributed by atoms with E-state index in [1.807, 2.05) is 5.32 Å². The minimum absolute atomic E-state index is 0.0599. The van der Waals surface area contributed by atoms with E-state index in [9.17, 15) is 46.6 Å². The molecular weight excluding hydrogens is 540 g/mol. The first-order valence-corrected chi connectivity index (χ1v) is 9.57. The number of nitrogens with one attached hydrogen (secondary N) is 1. The SMILES string of the molecule is O=[N+]([O-])c1cc(C(F)(F)F)c(Cl)c([N+](=O)[O-])c1Nc1ncc(C(F)(F)F)cc1Cl.O=[PH](O)O. The number of rotatable bonds is 4. The Labute approximate surface area is 187 Å². The number of halogens is 8. The Morgan fingerprint density at radius 1 is 1.00 bits per heavy atom. The Balaban J connectivity index is 0.00000125. The summed E-state index contributed by atoms with van der Waals surface area (Å²) in [5.74, 6) is -0.721. The maximum atomic E-state index is 13.0. The number of hydrogen-bond donors (Lipinski definition) is 3. The van der Waals surface area contributed by atoms with Crippen LogP contribution in [0.3, 0.4) is 0 Å². The number of alkyl halides is 6. The largest absolute Gasteiger partial charge is 0.418 e. The van der Waals surface area contributed by atoms with Gasteiger partial charge < -0.3 is 15.1 Å². The van der Waals surface area contributed by atoms with E-state index in [1.165, 1.54) is 0 Å². The summed E-state index contributed by atoms with van der Waals surface area (Å²) in [6.45, 7) is 0. The van der Waals surface area contributed by atoms with Crippen molar-refractivity contribution in [2.45, 2.75) is 12.4 Å². The predicted molar refractivity (Wildman–Crippen MR) is 101 cm³/mol. The third-order valence-electron chi connectivity index (χ3n) is 3.31. The van der Waals surface area contributed by atoms with Crippen LogP contribution in [-0.2, 0) is 16.9 Å². The zero-order chi connectivity index (χ0) is 25.9. The molecule has 0 spiro atoms. The lowest BCUT2D eigenvalue weighted by molar-refractivity contribution is -0.392. The molecule has 0 radical (unpaired) electrons. The van der Waals surface area contributed by atoms with Crippen LogP contribution in [0.25, 0.3) is 0 Å². The van der Waals surface area contributed by atoms with E-state index in [-0.39, 0.29) is 12.3 Å². The highest BCUT2D eigenvalue weighted by Crippen LogP contribution is 2.48. The zero-order valence-electron chi connectivity index (χ0n) is 15.0. The fourth-order valence-corrected chi connectivity index (χ4v) is 2.62. The number of hydrogen-bond acceptors (Lipinski definition) is 7. The molecule has 2 aromatic rings. The zero-order valence-corrected chi connectivity index (χ0v) is 17.5. The summed E-state index contributed by atoms with van der Waals surface area (Å²) in [5, 5.41) is 22.1. The molecule has 0 atom stereocenters. The Kier molecular flexibility index (Phi) is 8.99. The minimum atomic E-state index is -5.27. The first-order chi connectivity index (χ1) is 14.9. The average molecular weight is 547 g/mol. The number of benzene rings is 1. The number of anilines is 2. The highest BCUT2D eigenvalue weighted by molar-refractivity contribution is 7.30. The van der Waals surface area contributed by atoms with Crippen molar-refractivity contribution in [2.24, 2.45) is 0 Å². The van der Waals surface area contributed by atoms with Gasteiger partial charge in [-0.25, -0.2) is 4.98 Å². The third kappa shape index (κ3) is 7.40. The molecule has 0 fully saturated rings. The highest BCUT2D eigenvalue weighted by Gasteiger charge is 2.42. The van der Waals surface area contributed by atoms with Crippen molar-refractivity contribution < 1.29 is 50.5 Å². The van der Waals surface area contributed by atoms with Crippen LogP contribution < -0.4 is 5.32 Å². The molecule has 182 valence electrons. The van der Waals surface area contributed by atoms with Crippen LogP contribution in [0.15, 0.2) is 18.3 Å². The maximum absolute atomic E-state index is 13.0. The molecule has 0 unspecified atom stereocenters. The Hall–Kier alpha value is -2.72. The van der Waals surface area contributed by atoms with Crippen LogP contribution in [0.4, 0.5) is 49.2 Å². The van der Waals surface area contributed by atoms with Gasteiger partial charge in [0.15, 0.2) is 5.69 Å². The molecule has 0 saturated heterocycles. The summed E-state index contributed by atoms with van der Waals surface area (Å²) in [5.41, 5.74) is -7.26. The van der Waals surface area contributed by atoms with Crippen molar-refractivity contribution in [2.75, 3.05) is 5.32 Å². The first kappa shape index (κ1) is 28.3. The average Bonchev–Trinajstić information content (AvgIpc) is 2.60. The summed E-state index contributed by atoms with van der Waals surface area (Å²) in [6.07, 6.45) is -9.85. The van der Waals surface area contributed by atoms with Gasteiger partial charge in [0.1, 0.15) is 10.8 Å². The summed E-state index contributed by atoms with van der Waals surface area (Å²) < 4.78 is 85.8. The van der Waals surface area contributed by atoms with Crippen LogP contribution in [0.1, 0.15) is 11.1 Å². The quantitative estimate of drug-likeness (QED) is 0.198. The van der Waals surface area contributed by atoms with Crippen LogP contribution in [0.2, 0.25) is 10.0 Å². The molecule has 20 heteroatoms. The lowest BCUT2D eigenvalue weighted by Gasteiger charge is -2.14. The normalized spacial score (nSPS) is 11.6. The van der Waals surface area contributed by atoms with Crippen molar-refractivity contribution in [3.8, 4) is 0 Å². The topological polar surface area (TPSA) is 169 Å². The Morgan fingerprint density at radius 2 is 1.52 bits per heavy atom. The van der Waals surface area contributed by atoms with Crippen molar-refractivity contribution in [3.05, 3.63) is 59.7 Å². The van der Waals surface area contributed by atoms with Gasteiger partial charge >= 0.3 is 32.0 Å². The number of nitrogens with zero attached hydrogens (tertiary/aromatic N) is 3. The second kappa shape index (κ2) is 10.5. The van der Waals surface area contributed by atoms with Crippen LogP contribution in [0, 0.1) is 20.2 Å². The summed E-state index contributed by atoms with van der Waals surface area (Å²) >= 11 is 11.1. The highest BCUT2D eigenvalue weighted by atomic mass is 35.5. The standard InChI is InChI=1S/C13H4Cl2F6N4O4.H3O3P/c14-6-1-4(12(16,17)18)3-22-11(6)23-9-7(24(26)27)2-5(13(19,20)21)8(15)10(9)25(28)29;1-4(2)3/h1-3H,(H,22,23);4H,(H2,1,2,3). The first-order valence-electron chi connectivity index (χ1n) is 7.52. The van der Waals surface area contributed by atoms with Crippen LogP contribution >= 0.6 is 31.5 Å². The molecule has 0 amide bonds. The second-order valence-corrected chi connectivity index (χ2v) is 6.80. The van der Waals surface area contributed by atoms with Gasteiger partial charge in [0.25, 0.3) is 0 Å². The van der Waals surface area contributed by atoms with Crippen LogP contribution in [0.5, 0.6) is 0 Å². The molecule has 0 saturated carbocycles. The van der Waals surface area contributed by atoms with Crippen molar-refractivity contribution in [1.82, 2.24) is 4.98 Å². The van der Waals surface area contributed by atoms with E-state index in [0.29, 0.717) is 6.07 Å². The molecule has 3 N–H and O–H groups in total. The minimum Gasteiger partial charge on any atom is -0.328 e. The molecule has 1 aromatic carbocycles. The van der Waals surface area contributed by atoms with Gasteiger partial charge in [0.05, 0.1) is 26.0 Å². The fraction of sp³-hybridized carbons (Fsp3) is 0.154. The van der Waals surface area contributed by atoms with Gasteiger partial charge in [-0.1, -0.05) is 23.2 Å². The van der Waals surface area contributed by atoms with Gasteiger partial charge in [-0.3, -0.25) is 24.8 Å². The molecule has 0 bridgehead atoms. The number of pyridine rings is 1. The molecule has 1 heterocycles. The van der Waals surface area contributed by atoms with E-state index in [2.05, 4.69) is 4.98 Å². The lowest BCUT2D eigenvalue weighted by Crippen LogP contribution is -2.12. The fourth-order valence-electron chi connectivity index (χ4n) is 2.08. The molecule has 2 rings (SSSR count). The third-order valence-corrected chi connectivity index (χ3v) is 3.99. The maximum Gasteiger partial charge on any atom is 0.418 e. The molecule has 1 aromatic heterocycles. The van der Waals surface area contributed by atoms with Crippen molar-refractivity contribution >= 4 is 54.3 Å². The van der Waals surface area contributed by atoms with Crippen LogP contribution in [-0.4, -0.2) is 24.6 Å². The Morgan fingerprint density at radius 3 is 1.88 bits per heavy atom. The molecule has 11 nitrogen and oxygen atoms in total. The number of nitro groups is 2. The monoisotopic (exact) mass is 546 g/mol. The van der Waals surface area contributed by atoms with Gasteiger partial charge in [-0.15, -0.1) is 0 Å². The van der Waals surface area contributed by atoms with Gasteiger partial charge in [0.2, 0.25) is 0 Å². The van der Waals surface area contributed by atoms with Gasteiger partial charge in [-0.05, 0) is 6.07 Å². The summed E-state index contributed by atoms with van der Waals surface area (Å²) in [6, 6.07) is 0.301. The molecular formula is C13H7Cl2F6N4O7P. The molecule has 33 heavy (non-hydrogen) atoms. The summed E-state index contributed by atoms with van der Waals surface area (Å²) in [7, 11) is -3.13. The van der Waals surface area contributed by atoms with E-state index in [1.54, 1.807) is 0 Å². The van der Waals surface area contributed by atoms with E-state index < -0.39 is 74.5 Å². The lowest BCUT2D eigenvalue weighted by atomic mass is 10.1. The molecule has 0 aliphatic rings. The summed E-state index contributed by atoms with van der Waals surface area (Å²) in [4.78, 5) is 37.2. The van der Waals surface area contributed by atoms with E-state index >= 15 is 0 Å². The molecule has 0 aliphatic heterocycles.